The minimum absolute atomic E-state index is 0.350. The lowest BCUT2D eigenvalue weighted by Gasteiger charge is -1.99. The number of carboxylic acid groups (broad SMARTS) is 1. The van der Waals surface area contributed by atoms with Crippen LogP contribution in [0.25, 0.3) is 10.8 Å². The molecule has 0 spiro atoms. The van der Waals surface area contributed by atoms with Crippen molar-refractivity contribution in [3.8, 4) is 0 Å². The molecule has 1 heterocycles. The fourth-order valence-electron chi connectivity index (χ4n) is 1.30. The molecule has 0 aliphatic heterocycles. The van der Waals surface area contributed by atoms with Crippen LogP contribution in [-0.2, 0) is 0 Å². The van der Waals surface area contributed by atoms with Crippen LogP contribution in [0, 0.1) is 0 Å². The van der Waals surface area contributed by atoms with Crippen LogP contribution < -0.4 is 5.63 Å². The molecule has 0 radical (unpaired) electrons. The standard InChI is InChI=1S/C10H5BrO4/c11-6-3-1-2-5-4-7(9(12)13)15-10(14)8(5)6/h1-4H,(H,12,13). The summed E-state index contributed by atoms with van der Waals surface area (Å²) in [6.07, 6.45) is 0. The Hall–Kier alpha value is -1.62. The predicted octanol–water partition coefficient (Wildman–Crippen LogP) is 2.25. The number of benzene rings is 1. The third-order valence-electron chi connectivity index (χ3n) is 1.95. The van der Waals surface area contributed by atoms with Crippen LogP contribution in [0.3, 0.4) is 0 Å². The van der Waals surface area contributed by atoms with Gasteiger partial charge in [-0.15, -0.1) is 0 Å². The Morgan fingerprint density at radius 2 is 2.13 bits per heavy atom. The molecule has 4 nitrogen and oxygen atoms in total. The Labute approximate surface area is 92.3 Å². The molecule has 0 aliphatic carbocycles. The van der Waals surface area contributed by atoms with E-state index in [9.17, 15) is 9.59 Å². The third-order valence-corrected chi connectivity index (χ3v) is 2.61. The minimum Gasteiger partial charge on any atom is -0.475 e. The molecule has 0 fully saturated rings. The summed E-state index contributed by atoms with van der Waals surface area (Å²) in [6.45, 7) is 0. The maximum Gasteiger partial charge on any atom is 0.371 e. The quantitative estimate of drug-likeness (QED) is 0.862. The van der Waals surface area contributed by atoms with Gasteiger partial charge in [-0.3, -0.25) is 0 Å². The van der Waals surface area contributed by atoms with Crippen molar-refractivity contribution in [1.29, 1.82) is 0 Å². The number of hydrogen-bond acceptors (Lipinski definition) is 3. The Morgan fingerprint density at radius 1 is 1.40 bits per heavy atom. The molecule has 1 aromatic heterocycles. The van der Waals surface area contributed by atoms with Gasteiger partial charge in [-0.25, -0.2) is 9.59 Å². The van der Waals surface area contributed by atoms with Crippen LogP contribution >= 0.6 is 15.9 Å². The van der Waals surface area contributed by atoms with Crippen molar-refractivity contribution in [3.05, 3.63) is 44.9 Å². The molecular formula is C10H5BrO4. The van der Waals surface area contributed by atoms with Gasteiger partial charge in [0.15, 0.2) is 0 Å². The number of aromatic carboxylic acids is 1. The van der Waals surface area contributed by atoms with Crippen molar-refractivity contribution < 1.29 is 14.3 Å². The molecule has 15 heavy (non-hydrogen) atoms. The Balaban J connectivity index is 2.91. The summed E-state index contributed by atoms with van der Waals surface area (Å²) >= 11 is 3.20. The summed E-state index contributed by atoms with van der Waals surface area (Å²) in [6, 6.07) is 6.39. The third kappa shape index (κ3) is 1.66. The van der Waals surface area contributed by atoms with Gasteiger partial charge in [0.25, 0.3) is 0 Å². The van der Waals surface area contributed by atoms with Crippen LogP contribution in [-0.4, -0.2) is 11.1 Å². The first-order valence-corrected chi connectivity index (χ1v) is 4.84. The predicted molar refractivity (Wildman–Crippen MR) is 57.1 cm³/mol. The summed E-state index contributed by atoms with van der Waals surface area (Å²) in [7, 11) is 0. The highest BCUT2D eigenvalue weighted by Gasteiger charge is 2.11. The highest BCUT2D eigenvalue weighted by atomic mass is 79.9. The normalized spacial score (nSPS) is 10.5. The number of hydrogen-bond donors (Lipinski definition) is 1. The molecule has 0 saturated heterocycles. The van der Waals surface area contributed by atoms with E-state index in [-0.39, 0.29) is 5.76 Å². The molecule has 76 valence electrons. The number of halogens is 1. The zero-order chi connectivity index (χ0) is 11.0. The maximum atomic E-state index is 11.5. The Morgan fingerprint density at radius 3 is 2.80 bits per heavy atom. The lowest BCUT2D eigenvalue weighted by atomic mass is 10.2. The minimum atomic E-state index is -1.26. The van der Waals surface area contributed by atoms with Crippen molar-refractivity contribution >= 4 is 32.7 Å². The van der Waals surface area contributed by atoms with E-state index in [0.717, 1.165) is 0 Å². The SMILES string of the molecule is O=C(O)c1cc2cccc(Br)c2c(=O)o1. The van der Waals surface area contributed by atoms with Crippen LogP contribution in [0.1, 0.15) is 10.6 Å². The van der Waals surface area contributed by atoms with E-state index in [1.807, 2.05) is 0 Å². The monoisotopic (exact) mass is 268 g/mol. The van der Waals surface area contributed by atoms with Crippen molar-refractivity contribution in [2.45, 2.75) is 0 Å². The summed E-state index contributed by atoms with van der Waals surface area (Å²) in [5, 5.41) is 9.58. The molecule has 5 heteroatoms. The van der Waals surface area contributed by atoms with Crippen LogP contribution in [0.4, 0.5) is 0 Å². The van der Waals surface area contributed by atoms with Crippen LogP contribution in [0.5, 0.6) is 0 Å². The first kappa shape index (κ1) is 9.92. The molecule has 0 atom stereocenters. The largest absolute Gasteiger partial charge is 0.475 e. The van der Waals surface area contributed by atoms with Gasteiger partial charge in [-0.2, -0.15) is 0 Å². The van der Waals surface area contributed by atoms with Gasteiger partial charge in [0.05, 0.1) is 5.39 Å². The molecule has 1 N–H and O–H groups in total. The summed E-state index contributed by atoms with van der Waals surface area (Å²) in [5.41, 5.74) is -0.655. The number of rotatable bonds is 1. The maximum absolute atomic E-state index is 11.5. The molecule has 0 unspecified atom stereocenters. The van der Waals surface area contributed by atoms with Crippen molar-refractivity contribution in [3.63, 3.8) is 0 Å². The highest BCUT2D eigenvalue weighted by Crippen LogP contribution is 2.21. The molecule has 0 bridgehead atoms. The molecule has 0 saturated carbocycles. The Kier molecular flexibility index (Phi) is 2.32. The van der Waals surface area contributed by atoms with Gasteiger partial charge < -0.3 is 9.52 Å². The number of fused-ring (bicyclic) bond motifs is 1. The molecule has 2 aromatic rings. The van der Waals surface area contributed by atoms with E-state index in [4.69, 9.17) is 5.11 Å². The second-order valence-corrected chi connectivity index (χ2v) is 3.76. The summed E-state index contributed by atoms with van der Waals surface area (Å²) < 4.78 is 5.24. The van der Waals surface area contributed by atoms with E-state index in [1.54, 1.807) is 18.2 Å². The van der Waals surface area contributed by atoms with Crippen LogP contribution in [0.15, 0.2) is 37.9 Å². The van der Waals surface area contributed by atoms with Gasteiger partial charge >= 0.3 is 11.6 Å². The smallest absolute Gasteiger partial charge is 0.371 e. The molecule has 1 aromatic carbocycles. The van der Waals surface area contributed by atoms with E-state index in [1.165, 1.54) is 6.07 Å². The second-order valence-electron chi connectivity index (χ2n) is 2.91. The Bertz CT molecular complexity index is 600. The fraction of sp³-hybridized carbons (Fsp3) is 0. The van der Waals surface area contributed by atoms with Gasteiger partial charge in [0.2, 0.25) is 5.76 Å². The van der Waals surface area contributed by atoms with Gasteiger partial charge in [-0.05, 0) is 33.4 Å². The fourth-order valence-corrected chi connectivity index (χ4v) is 1.85. The lowest BCUT2D eigenvalue weighted by molar-refractivity contribution is 0.0658. The molecular weight excluding hydrogens is 264 g/mol. The van der Waals surface area contributed by atoms with Crippen molar-refractivity contribution in [2.75, 3.05) is 0 Å². The van der Waals surface area contributed by atoms with E-state index in [2.05, 4.69) is 20.3 Å². The summed E-state index contributed by atoms with van der Waals surface area (Å²) in [4.78, 5) is 22.1. The summed E-state index contributed by atoms with van der Waals surface area (Å²) in [5.74, 6) is -1.61. The van der Waals surface area contributed by atoms with E-state index >= 15 is 0 Å². The van der Waals surface area contributed by atoms with Crippen LogP contribution in [0.2, 0.25) is 0 Å². The topological polar surface area (TPSA) is 67.5 Å². The lowest BCUT2D eigenvalue weighted by Crippen LogP contribution is -2.06. The second kappa shape index (κ2) is 3.51. The number of carbonyl (C=O) groups is 1. The molecule has 0 aliphatic rings. The molecule has 2 rings (SSSR count). The van der Waals surface area contributed by atoms with Gasteiger partial charge in [0.1, 0.15) is 0 Å². The van der Waals surface area contributed by atoms with Gasteiger partial charge in [-0.1, -0.05) is 12.1 Å². The van der Waals surface area contributed by atoms with E-state index in [0.29, 0.717) is 15.2 Å². The number of carboxylic acids is 1. The van der Waals surface area contributed by atoms with Crippen molar-refractivity contribution in [1.82, 2.24) is 0 Å². The van der Waals surface area contributed by atoms with Gasteiger partial charge in [0, 0.05) is 4.47 Å². The average molecular weight is 269 g/mol. The van der Waals surface area contributed by atoms with Crippen molar-refractivity contribution in [2.24, 2.45) is 0 Å². The molecule has 0 amide bonds. The zero-order valence-corrected chi connectivity index (χ0v) is 8.95. The first-order valence-electron chi connectivity index (χ1n) is 4.05. The zero-order valence-electron chi connectivity index (χ0n) is 7.36. The van der Waals surface area contributed by atoms with E-state index < -0.39 is 11.6 Å². The average Bonchev–Trinajstić information content (AvgIpc) is 2.17. The highest BCUT2D eigenvalue weighted by molar-refractivity contribution is 9.10. The first-order chi connectivity index (χ1) is 7.09.